The molecule has 0 amide bonds. The number of rotatable bonds is 5. The van der Waals surface area contributed by atoms with Crippen molar-refractivity contribution in [3.8, 4) is 5.75 Å². The van der Waals surface area contributed by atoms with Crippen molar-refractivity contribution in [3.05, 3.63) is 27.8 Å². The minimum Gasteiger partial charge on any atom is -0.487 e. The number of ether oxygens (including phenoxy) is 1. The second kappa shape index (κ2) is 5.83. The smallest absolute Gasteiger partial charge is 0.311 e. The number of benzene rings is 1. The van der Waals surface area contributed by atoms with Gasteiger partial charge in [-0.2, -0.15) is 0 Å². The van der Waals surface area contributed by atoms with E-state index in [-0.39, 0.29) is 11.4 Å². The first-order valence-electron chi connectivity index (χ1n) is 5.30. The molecule has 0 radical (unpaired) electrons. The Labute approximate surface area is 99.3 Å². The highest BCUT2D eigenvalue weighted by atomic mass is 16.6. The third-order valence-electron chi connectivity index (χ3n) is 2.07. The molecule has 0 saturated heterocycles. The Bertz CT molecular complexity index is 444. The fourth-order valence-electron chi connectivity index (χ4n) is 1.32. The van der Waals surface area contributed by atoms with Crippen molar-refractivity contribution in [1.82, 2.24) is 0 Å². The molecular weight excluding hydrogens is 222 g/mol. The SMILES string of the molecule is CCN=Cc1cc([N+](=O)[O-])c(OCC)cc1N. The van der Waals surface area contributed by atoms with Gasteiger partial charge in [-0.15, -0.1) is 0 Å². The average molecular weight is 237 g/mol. The van der Waals surface area contributed by atoms with E-state index in [4.69, 9.17) is 10.5 Å². The van der Waals surface area contributed by atoms with Crippen LogP contribution >= 0.6 is 0 Å². The summed E-state index contributed by atoms with van der Waals surface area (Å²) >= 11 is 0. The molecule has 1 rings (SSSR count). The van der Waals surface area contributed by atoms with Gasteiger partial charge >= 0.3 is 5.69 Å². The number of hydrogen-bond donors (Lipinski definition) is 1. The van der Waals surface area contributed by atoms with Gasteiger partial charge in [-0.05, 0) is 13.8 Å². The summed E-state index contributed by atoms with van der Waals surface area (Å²) in [5.74, 6) is 0.184. The van der Waals surface area contributed by atoms with E-state index in [0.29, 0.717) is 24.4 Å². The Morgan fingerprint density at radius 3 is 2.76 bits per heavy atom. The summed E-state index contributed by atoms with van der Waals surface area (Å²) in [6.07, 6.45) is 1.53. The Morgan fingerprint density at radius 2 is 2.24 bits per heavy atom. The molecule has 0 aromatic heterocycles. The van der Waals surface area contributed by atoms with Gasteiger partial charge in [0.05, 0.1) is 11.5 Å². The van der Waals surface area contributed by atoms with Gasteiger partial charge in [0.15, 0.2) is 5.75 Å². The van der Waals surface area contributed by atoms with Crippen molar-refractivity contribution < 1.29 is 9.66 Å². The standard InChI is InChI=1S/C11H15N3O3/c1-3-13-7-8-5-10(14(15)16)11(17-4-2)6-9(8)12/h5-7H,3-4,12H2,1-2H3. The van der Waals surface area contributed by atoms with Crippen LogP contribution in [-0.2, 0) is 0 Å². The molecule has 0 heterocycles. The van der Waals surface area contributed by atoms with Crippen molar-refractivity contribution in [3.63, 3.8) is 0 Å². The lowest BCUT2D eigenvalue weighted by Crippen LogP contribution is -2.02. The van der Waals surface area contributed by atoms with Crippen LogP contribution in [0, 0.1) is 10.1 Å². The lowest BCUT2D eigenvalue weighted by molar-refractivity contribution is -0.385. The first-order valence-corrected chi connectivity index (χ1v) is 5.30. The fourth-order valence-corrected chi connectivity index (χ4v) is 1.32. The Hall–Kier alpha value is -2.11. The summed E-state index contributed by atoms with van der Waals surface area (Å²) in [4.78, 5) is 14.4. The van der Waals surface area contributed by atoms with Crippen molar-refractivity contribution in [2.24, 2.45) is 4.99 Å². The van der Waals surface area contributed by atoms with Gasteiger partial charge in [-0.1, -0.05) is 0 Å². The van der Waals surface area contributed by atoms with E-state index < -0.39 is 4.92 Å². The molecule has 0 atom stereocenters. The number of hydrogen-bond acceptors (Lipinski definition) is 5. The maximum absolute atomic E-state index is 10.9. The van der Waals surface area contributed by atoms with Gasteiger partial charge in [-0.3, -0.25) is 15.1 Å². The predicted octanol–water partition coefficient (Wildman–Crippen LogP) is 2.01. The lowest BCUT2D eigenvalue weighted by atomic mass is 10.1. The van der Waals surface area contributed by atoms with Crippen LogP contribution in [-0.4, -0.2) is 24.3 Å². The zero-order chi connectivity index (χ0) is 12.8. The molecule has 92 valence electrons. The van der Waals surface area contributed by atoms with Crippen LogP contribution in [0.25, 0.3) is 0 Å². The molecule has 6 heteroatoms. The molecule has 1 aromatic rings. The minimum atomic E-state index is -0.492. The van der Waals surface area contributed by atoms with Gasteiger partial charge in [-0.25, -0.2) is 0 Å². The number of anilines is 1. The Morgan fingerprint density at radius 1 is 1.53 bits per heavy atom. The second-order valence-corrected chi connectivity index (χ2v) is 3.27. The van der Waals surface area contributed by atoms with Crippen LogP contribution < -0.4 is 10.5 Å². The largest absolute Gasteiger partial charge is 0.487 e. The van der Waals surface area contributed by atoms with Crippen LogP contribution in [0.1, 0.15) is 19.4 Å². The number of nitrogen functional groups attached to an aromatic ring is 1. The van der Waals surface area contributed by atoms with Gasteiger partial charge in [0.25, 0.3) is 0 Å². The molecule has 0 spiro atoms. The summed E-state index contributed by atoms with van der Waals surface area (Å²) in [5, 5.41) is 10.9. The zero-order valence-corrected chi connectivity index (χ0v) is 9.84. The van der Waals surface area contributed by atoms with Crippen molar-refractivity contribution in [2.75, 3.05) is 18.9 Å². The molecule has 0 aliphatic rings. The maximum atomic E-state index is 10.9. The van der Waals surface area contributed by atoms with E-state index in [9.17, 15) is 10.1 Å². The first kappa shape index (κ1) is 13.0. The molecule has 0 saturated carbocycles. The van der Waals surface area contributed by atoms with Crippen LogP contribution in [0.15, 0.2) is 17.1 Å². The fraction of sp³-hybridized carbons (Fsp3) is 0.364. The third kappa shape index (κ3) is 3.17. The minimum absolute atomic E-state index is 0.0985. The van der Waals surface area contributed by atoms with E-state index in [0.717, 1.165) is 0 Å². The summed E-state index contributed by atoms with van der Waals surface area (Å²) in [6, 6.07) is 2.83. The highest BCUT2D eigenvalue weighted by molar-refractivity contribution is 5.89. The van der Waals surface area contributed by atoms with E-state index in [2.05, 4.69) is 4.99 Å². The van der Waals surface area contributed by atoms with Crippen LogP contribution in [0.2, 0.25) is 0 Å². The second-order valence-electron chi connectivity index (χ2n) is 3.27. The van der Waals surface area contributed by atoms with E-state index in [1.54, 1.807) is 6.92 Å². The summed E-state index contributed by atoms with van der Waals surface area (Å²) in [5.41, 5.74) is 6.61. The highest BCUT2D eigenvalue weighted by Gasteiger charge is 2.17. The Balaban J connectivity index is 3.24. The van der Waals surface area contributed by atoms with E-state index in [1.807, 2.05) is 6.92 Å². The summed E-state index contributed by atoms with van der Waals surface area (Å²) in [6.45, 7) is 4.57. The van der Waals surface area contributed by atoms with Crippen LogP contribution in [0.3, 0.4) is 0 Å². The van der Waals surface area contributed by atoms with Gasteiger partial charge in [0.1, 0.15) is 0 Å². The number of nitro groups is 1. The number of nitro benzene ring substituents is 1. The van der Waals surface area contributed by atoms with Crippen molar-refractivity contribution in [1.29, 1.82) is 0 Å². The Kier molecular flexibility index (Phi) is 4.45. The molecule has 0 unspecified atom stereocenters. The molecule has 1 aromatic carbocycles. The first-order chi connectivity index (χ1) is 8.10. The number of aliphatic imine (C=N–C) groups is 1. The van der Waals surface area contributed by atoms with Crippen LogP contribution in [0.4, 0.5) is 11.4 Å². The van der Waals surface area contributed by atoms with Crippen molar-refractivity contribution >= 4 is 17.6 Å². The normalized spacial score (nSPS) is 10.7. The maximum Gasteiger partial charge on any atom is 0.311 e. The van der Waals surface area contributed by atoms with E-state index in [1.165, 1.54) is 18.3 Å². The molecule has 17 heavy (non-hydrogen) atoms. The molecule has 2 N–H and O–H groups in total. The molecule has 0 bridgehead atoms. The summed E-state index contributed by atoms with van der Waals surface area (Å²) in [7, 11) is 0. The van der Waals surface area contributed by atoms with Gasteiger partial charge < -0.3 is 10.5 Å². The lowest BCUT2D eigenvalue weighted by Gasteiger charge is -2.07. The van der Waals surface area contributed by atoms with Crippen molar-refractivity contribution in [2.45, 2.75) is 13.8 Å². The number of nitrogens with two attached hydrogens (primary N) is 1. The van der Waals surface area contributed by atoms with Crippen LogP contribution in [0.5, 0.6) is 5.75 Å². The molecule has 0 fully saturated rings. The molecule has 0 aliphatic heterocycles. The highest BCUT2D eigenvalue weighted by Crippen LogP contribution is 2.31. The van der Waals surface area contributed by atoms with E-state index >= 15 is 0 Å². The zero-order valence-electron chi connectivity index (χ0n) is 9.84. The molecule has 0 aliphatic carbocycles. The number of nitrogens with zero attached hydrogens (tertiary/aromatic N) is 2. The summed E-state index contributed by atoms with van der Waals surface area (Å²) < 4.78 is 5.17. The predicted molar refractivity (Wildman–Crippen MR) is 66.8 cm³/mol. The molecule has 6 nitrogen and oxygen atoms in total. The molecular formula is C11H15N3O3. The average Bonchev–Trinajstić information content (AvgIpc) is 2.28. The van der Waals surface area contributed by atoms with Gasteiger partial charge in [0, 0.05) is 36.1 Å². The van der Waals surface area contributed by atoms with Gasteiger partial charge in [0.2, 0.25) is 0 Å². The third-order valence-corrected chi connectivity index (χ3v) is 2.07. The quantitative estimate of drug-likeness (QED) is 0.367. The topological polar surface area (TPSA) is 90.8 Å². The monoisotopic (exact) mass is 237 g/mol.